The van der Waals surface area contributed by atoms with Gasteiger partial charge in [-0.15, -0.1) is 0 Å². The van der Waals surface area contributed by atoms with Gasteiger partial charge in [0, 0.05) is 38.2 Å². The number of nitrogens with zero attached hydrogens (tertiary/aromatic N) is 2. The van der Waals surface area contributed by atoms with Gasteiger partial charge in [-0.25, -0.2) is 8.42 Å². The number of hydrogen-bond donors (Lipinski definition) is 1. The maximum absolute atomic E-state index is 12.3. The van der Waals surface area contributed by atoms with E-state index in [1.165, 1.54) is 11.8 Å². The van der Waals surface area contributed by atoms with Crippen LogP contribution < -0.4 is 5.73 Å². The van der Waals surface area contributed by atoms with Crippen LogP contribution >= 0.6 is 12.2 Å². The number of hydrogen-bond acceptors (Lipinski definition) is 5. The van der Waals surface area contributed by atoms with Crippen LogP contribution in [0, 0.1) is 0 Å². The second kappa shape index (κ2) is 7.46. The number of carbonyl (C=O) groups is 1. The van der Waals surface area contributed by atoms with E-state index in [4.69, 9.17) is 18.0 Å². The molecule has 0 fully saturated rings. The van der Waals surface area contributed by atoms with Gasteiger partial charge in [-0.1, -0.05) is 18.3 Å². The Morgan fingerprint density at radius 2 is 2.19 bits per heavy atom. The SMILES string of the molecule is CC(C(=O)N(CCC(N)=S)Cc1cccnc1)S(C)(=O)=O. The van der Waals surface area contributed by atoms with Crippen molar-refractivity contribution < 1.29 is 13.2 Å². The Bertz CT molecular complexity index is 602. The van der Waals surface area contributed by atoms with Gasteiger partial charge >= 0.3 is 0 Å². The maximum Gasteiger partial charge on any atom is 0.240 e. The second-order valence-corrected chi connectivity index (χ2v) is 7.70. The molecular formula is C13H19N3O3S2. The average Bonchev–Trinajstić information content (AvgIpc) is 2.41. The van der Waals surface area contributed by atoms with Crippen LogP contribution in [-0.4, -0.2) is 47.2 Å². The van der Waals surface area contributed by atoms with E-state index in [0.29, 0.717) is 6.42 Å². The summed E-state index contributed by atoms with van der Waals surface area (Å²) in [7, 11) is -3.45. The highest BCUT2D eigenvalue weighted by molar-refractivity contribution is 7.92. The molecule has 0 aliphatic carbocycles. The molecule has 0 spiro atoms. The van der Waals surface area contributed by atoms with Gasteiger partial charge in [-0.3, -0.25) is 9.78 Å². The summed E-state index contributed by atoms with van der Waals surface area (Å²) in [5.74, 6) is -0.461. The van der Waals surface area contributed by atoms with Crippen LogP contribution in [0.2, 0.25) is 0 Å². The first-order valence-electron chi connectivity index (χ1n) is 6.36. The van der Waals surface area contributed by atoms with Gasteiger partial charge in [-0.05, 0) is 18.6 Å². The lowest BCUT2D eigenvalue weighted by molar-refractivity contribution is -0.131. The van der Waals surface area contributed by atoms with Crippen molar-refractivity contribution in [3.63, 3.8) is 0 Å². The lowest BCUT2D eigenvalue weighted by Gasteiger charge is -2.25. The molecule has 0 saturated heterocycles. The molecule has 1 unspecified atom stereocenters. The molecule has 1 aromatic rings. The van der Waals surface area contributed by atoms with Crippen molar-refractivity contribution in [2.24, 2.45) is 5.73 Å². The fourth-order valence-electron chi connectivity index (χ4n) is 1.66. The Morgan fingerprint density at radius 3 is 2.67 bits per heavy atom. The number of pyridine rings is 1. The lowest BCUT2D eigenvalue weighted by Crippen LogP contribution is -2.42. The molecule has 0 bridgehead atoms. The van der Waals surface area contributed by atoms with Gasteiger partial charge in [-0.2, -0.15) is 0 Å². The number of aromatic nitrogens is 1. The molecule has 0 aliphatic heterocycles. The van der Waals surface area contributed by atoms with Crippen molar-refractivity contribution in [2.45, 2.75) is 25.1 Å². The molecule has 1 atom stereocenters. The first-order chi connectivity index (χ1) is 9.71. The van der Waals surface area contributed by atoms with Crippen LogP contribution in [0.4, 0.5) is 0 Å². The standard InChI is InChI=1S/C13H19N3O3S2/c1-10(21(2,18)19)13(17)16(7-5-12(14)20)9-11-4-3-6-15-8-11/h3-4,6,8,10H,5,7,9H2,1-2H3,(H2,14,20). The lowest BCUT2D eigenvalue weighted by atomic mass is 10.2. The molecular weight excluding hydrogens is 310 g/mol. The summed E-state index contributed by atoms with van der Waals surface area (Å²) in [6.07, 6.45) is 4.65. The molecule has 8 heteroatoms. The number of rotatable bonds is 7. The monoisotopic (exact) mass is 329 g/mol. The van der Waals surface area contributed by atoms with Gasteiger partial charge in [0.05, 0.1) is 4.99 Å². The summed E-state index contributed by atoms with van der Waals surface area (Å²) in [6.45, 7) is 1.94. The highest BCUT2D eigenvalue weighted by Gasteiger charge is 2.28. The smallest absolute Gasteiger partial charge is 0.240 e. The van der Waals surface area contributed by atoms with Crippen LogP contribution in [0.1, 0.15) is 18.9 Å². The van der Waals surface area contributed by atoms with Crippen molar-refractivity contribution in [3.8, 4) is 0 Å². The van der Waals surface area contributed by atoms with Crippen molar-refractivity contribution in [3.05, 3.63) is 30.1 Å². The topological polar surface area (TPSA) is 93.4 Å². The van der Waals surface area contributed by atoms with Gasteiger partial charge in [0.1, 0.15) is 5.25 Å². The number of sulfone groups is 1. The van der Waals surface area contributed by atoms with E-state index in [1.54, 1.807) is 18.5 Å². The molecule has 2 N–H and O–H groups in total. The Kier molecular flexibility index (Phi) is 6.22. The summed E-state index contributed by atoms with van der Waals surface area (Å²) in [5.41, 5.74) is 6.27. The average molecular weight is 329 g/mol. The summed E-state index contributed by atoms with van der Waals surface area (Å²) < 4.78 is 23.1. The minimum Gasteiger partial charge on any atom is -0.393 e. The Labute approximate surface area is 130 Å². The molecule has 21 heavy (non-hydrogen) atoms. The van der Waals surface area contributed by atoms with E-state index in [0.717, 1.165) is 11.8 Å². The fourth-order valence-corrected chi connectivity index (χ4v) is 2.27. The first-order valence-corrected chi connectivity index (χ1v) is 8.73. The van der Waals surface area contributed by atoms with Gasteiger partial charge in [0.2, 0.25) is 5.91 Å². The highest BCUT2D eigenvalue weighted by atomic mass is 32.2. The number of thiocarbonyl (C=S) groups is 1. The zero-order valence-corrected chi connectivity index (χ0v) is 13.7. The van der Waals surface area contributed by atoms with Crippen molar-refractivity contribution in [2.75, 3.05) is 12.8 Å². The molecule has 116 valence electrons. The molecule has 1 rings (SSSR count). The molecule has 0 radical (unpaired) electrons. The first kappa shape index (κ1) is 17.5. The van der Waals surface area contributed by atoms with Crippen LogP contribution in [-0.2, 0) is 21.2 Å². The fraction of sp³-hybridized carbons (Fsp3) is 0.462. The third-order valence-corrected chi connectivity index (χ3v) is 4.72. The second-order valence-electron chi connectivity index (χ2n) is 4.81. The van der Waals surface area contributed by atoms with E-state index in [-0.39, 0.29) is 18.1 Å². The van der Waals surface area contributed by atoms with Crippen LogP contribution in [0.3, 0.4) is 0 Å². The summed E-state index contributed by atoms with van der Waals surface area (Å²) in [6, 6.07) is 3.57. The predicted molar refractivity (Wildman–Crippen MR) is 85.4 cm³/mol. The van der Waals surface area contributed by atoms with Crippen molar-refractivity contribution in [1.82, 2.24) is 9.88 Å². The van der Waals surface area contributed by atoms with Crippen molar-refractivity contribution >= 4 is 33.0 Å². The quantitative estimate of drug-likeness (QED) is 0.733. The summed E-state index contributed by atoms with van der Waals surface area (Å²) in [4.78, 5) is 18.1. The normalized spacial score (nSPS) is 12.7. The minimum atomic E-state index is -3.45. The Morgan fingerprint density at radius 1 is 1.52 bits per heavy atom. The summed E-state index contributed by atoms with van der Waals surface area (Å²) in [5, 5.41) is -1.10. The Hall–Kier alpha value is -1.54. The van der Waals surface area contributed by atoms with Crippen LogP contribution in [0.15, 0.2) is 24.5 Å². The zero-order chi connectivity index (χ0) is 16.0. The molecule has 1 amide bonds. The highest BCUT2D eigenvalue weighted by Crippen LogP contribution is 2.10. The van der Waals surface area contributed by atoms with E-state index in [9.17, 15) is 13.2 Å². The van der Waals surface area contributed by atoms with Crippen LogP contribution in [0.5, 0.6) is 0 Å². The molecule has 0 saturated carbocycles. The third kappa shape index (κ3) is 5.76. The number of carbonyl (C=O) groups excluding carboxylic acids is 1. The van der Waals surface area contributed by atoms with Gasteiger partial charge in [0.25, 0.3) is 0 Å². The molecule has 6 nitrogen and oxygen atoms in total. The zero-order valence-electron chi connectivity index (χ0n) is 12.0. The maximum atomic E-state index is 12.3. The van der Waals surface area contributed by atoms with E-state index in [2.05, 4.69) is 4.98 Å². The van der Waals surface area contributed by atoms with Crippen molar-refractivity contribution in [1.29, 1.82) is 0 Å². The van der Waals surface area contributed by atoms with E-state index in [1.807, 2.05) is 6.07 Å². The largest absolute Gasteiger partial charge is 0.393 e. The predicted octanol–water partition coefficient (Wildman–Crippen LogP) is 0.520. The van der Waals surface area contributed by atoms with Gasteiger partial charge in [0.15, 0.2) is 9.84 Å². The number of nitrogens with two attached hydrogens (primary N) is 1. The van der Waals surface area contributed by atoms with Crippen LogP contribution in [0.25, 0.3) is 0 Å². The molecule has 0 aromatic carbocycles. The summed E-state index contributed by atoms with van der Waals surface area (Å²) >= 11 is 4.81. The molecule has 1 heterocycles. The third-order valence-electron chi connectivity index (χ3n) is 3.03. The number of amides is 1. The minimum absolute atomic E-state index is 0.273. The van der Waals surface area contributed by atoms with E-state index >= 15 is 0 Å². The van der Waals surface area contributed by atoms with Gasteiger partial charge < -0.3 is 10.6 Å². The Balaban J connectivity index is 2.91. The molecule has 1 aromatic heterocycles. The molecule has 0 aliphatic rings. The van der Waals surface area contributed by atoms with E-state index < -0.39 is 21.0 Å².